The van der Waals surface area contributed by atoms with Gasteiger partial charge in [-0.2, -0.15) is 0 Å². The molecule has 1 aromatic heterocycles. The Hall–Kier alpha value is -3.42. The van der Waals surface area contributed by atoms with Crippen LogP contribution in [0.15, 0.2) is 40.9 Å². The quantitative estimate of drug-likeness (QED) is 0.554. The van der Waals surface area contributed by atoms with Crippen molar-refractivity contribution < 1.29 is 24.0 Å². The molecule has 0 fully saturated rings. The maximum atomic E-state index is 11.5. The van der Waals surface area contributed by atoms with Gasteiger partial charge in [0.2, 0.25) is 11.8 Å². The molecule has 0 saturated carbocycles. The summed E-state index contributed by atoms with van der Waals surface area (Å²) in [5, 5.41) is 18.4. The standard InChI is InChI=1S/C17H15N3O5/c18-13(22)7-10(8-21)14(17(23)24)19-16-12-6-5-9-3-1-2-4-11(9)15(12)20-25-16/h1-6,8,10,14,19H,7H2,(H2,18,22)(H,23,24)/t10?,14-/m0/s1. The highest BCUT2D eigenvalue weighted by atomic mass is 16.5. The van der Waals surface area contributed by atoms with E-state index in [1.807, 2.05) is 30.3 Å². The van der Waals surface area contributed by atoms with Crippen LogP contribution in [0, 0.1) is 5.92 Å². The molecular formula is C17H15N3O5. The number of carboxylic acids is 1. The van der Waals surface area contributed by atoms with Crippen LogP contribution in [0.1, 0.15) is 6.42 Å². The third kappa shape index (κ3) is 3.14. The van der Waals surface area contributed by atoms with E-state index in [0.717, 1.165) is 10.8 Å². The molecule has 2 atom stereocenters. The number of aldehydes is 1. The topological polar surface area (TPSA) is 136 Å². The van der Waals surface area contributed by atoms with Crippen LogP contribution in [-0.4, -0.2) is 34.5 Å². The molecule has 0 aliphatic heterocycles. The summed E-state index contributed by atoms with van der Waals surface area (Å²) >= 11 is 0. The highest BCUT2D eigenvalue weighted by Gasteiger charge is 2.31. The van der Waals surface area contributed by atoms with Gasteiger partial charge in [-0.3, -0.25) is 4.79 Å². The molecule has 1 heterocycles. The van der Waals surface area contributed by atoms with Crippen LogP contribution in [0.2, 0.25) is 0 Å². The summed E-state index contributed by atoms with van der Waals surface area (Å²) in [6, 6.07) is 9.79. The van der Waals surface area contributed by atoms with Crippen molar-refractivity contribution in [3.8, 4) is 0 Å². The fourth-order valence-electron chi connectivity index (χ4n) is 2.75. The number of rotatable bonds is 7. The van der Waals surface area contributed by atoms with E-state index < -0.39 is 23.8 Å². The predicted molar refractivity (Wildman–Crippen MR) is 89.9 cm³/mol. The van der Waals surface area contributed by atoms with Crippen molar-refractivity contribution in [2.24, 2.45) is 11.7 Å². The summed E-state index contributed by atoms with van der Waals surface area (Å²) in [5.74, 6) is -3.08. The van der Waals surface area contributed by atoms with E-state index in [4.69, 9.17) is 10.3 Å². The fourth-order valence-corrected chi connectivity index (χ4v) is 2.75. The number of nitrogens with two attached hydrogens (primary N) is 1. The first kappa shape index (κ1) is 16.4. The van der Waals surface area contributed by atoms with Gasteiger partial charge >= 0.3 is 5.97 Å². The Morgan fingerprint density at radius 3 is 2.68 bits per heavy atom. The Labute approximate surface area is 141 Å². The number of primary amides is 1. The zero-order valence-corrected chi connectivity index (χ0v) is 13.0. The lowest BCUT2D eigenvalue weighted by Crippen LogP contribution is -2.39. The van der Waals surface area contributed by atoms with Gasteiger partial charge in [-0.15, -0.1) is 0 Å². The third-order valence-corrected chi connectivity index (χ3v) is 3.97. The van der Waals surface area contributed by atoms with Crippen molar-refractivity contribution in [1.82, 2.24) is 5.16 Å². The molecule has 0 aliphatic carbocycles. The molecule has 0 bridgehead atoms. The number of carbonyl (C=O) groups is 3. The van der Waals surface area contributed by atoms with E-state index in [9.17, 15) is 19.5 Å². The average molecular weight is 341 g/mol. The van der Waals surface area contributed by atoms with E-state index in [1.165, 1.54) is 0 Å². The van der Waals surface area contributed by atoms with Crippen LogP contribution in [0.25, 0.3) is 21.7 Å². The minimum Gasteiger partial charge on any atom is -0.480 e. The number of aromatic nitrogens is 1. The van der Waals surface area contributed by atoms with Crippen LogP contribution >= 0.6 is 0 Å². The molecule has 128 valence electrons. The lowest BCUT2D eigenvalue weighted by Gasteiger charge is -2.18. The molecule has 2 aromatic carbocycles. The Bertz CT molecular complexity index is 965. The molecule has 0 radical (unpaired) electrons. The maximum absolute atomic E-state index is 11.5. The molecule has 0 aliphatic rings. The van der Waals surface area contributed by atoms with Gasteiger partial charge in [0.15, 0.2) is 0 Å². The molecule has 3 rings (SSSR count). The third-order valence-electron chi connectivity index (χ3n) is 3.97. The van der Waals surface area contributed by atoms with Crippen LogP contribution in [0.5, 0.6) is 0 Å². The zero-order chi connectivity index (χ0) is 18.0. The number of amides is 1. The maximum Gasteiger partial charge on any atom is 0.326 e. The van der Waals surface area contributed by atoms with E-state index >= 15 is 0 Å². The molecule has 1 amide bonds. The summed E-state index contributed by atoms with van der Waals surface area (Å²) in [4.78, 5) is 33.8. The first-order valence-electron chi connectivity index (χ1n) is 7.51. The Kier molecular flexibility index (Phi) is 4.34. The van der Waals surface area contributed by atoms with Crippen LogP contribution in [0.4, 0.5) is 5.88 Å². The normalized spacial score (nSPS) is 13.4. The van der Waals surface area contributed by atoms with E-state index in [-0.39, 0.29) is 12.3 Å². The molecule has 8 nitrogen and oxygen atoms in total. The van der Waals surface area contributed by atoms with Gasteiger partial charge in [-0.05, 0) is 11.5 Å². The van der Waals surface area contributed by atoms with Crippen LogP contribution in [0.3, 0.4) is 0 Å². The zero-order valence-electron chi connectivity index (χ0n) is 13.0. The number of nitrogens with one attached hydrogen (secondary N) is 1. The van der Waals surface area contributed by atoms with Crippen LogP contribution in [-0.2, 0) is 14.4 Å². The molecule has 0 saturated heterocycles. The molecule has 4 N–H and O–H groups in total. The summed E-state index contributed by atoms with van der Waals surface area (Å²) < 4.78 is 5.25. The fraction of sp³-hybridized carbons (Fsp3) is 0.176. The second kappa shape index (κ2) is 6.60. The molecule has 0 spiro atoms. The number of nitrogens with zero attached hydrogens (tertiary/aromatic N) is 1. The van der Waals surface area contributed by atoms with Gasteiger partial charge in [-0.25, -0.2) is 4.79 Å². The highest BCUT2D eigenvalue weighted by Crippen LogP contribution is 2.30. The van der Waals surface area contributed by atoms with Crippen molar-refractivity contribution in [3.63, 3.8) is 0 Å². The first-order chi connectivity index (χ1) is 12.0. The highest BCUT2D eigenvalue weighted by molar-refractivity contribution is 6.08. The minimum absolute atomic E-state index is 0.115. The van der Waals surface area contributed by atoms with Crippen LogP contribution < -0.4 is 11.1 Å². The predicted octanol–water partition coefficient (Wildman–Crippen LogP) is 1.54. The number of carbonyl (C=O) groups excluding carboxylic acids is 2. The Balaban J connectivity index is 2.00. The molecule has 3 aromatic rings. The summed E-state index contributed by atoms with van der Waals surface area (Å²) in [5.41, 5.74) is 5.65. The Morgan fingerprint density at radius 1 is 1.24 bits per heavy atom. The van der Waals surface area contributed by atoms with E-state index in [0.29, 0.717) is 17.2 Å². The SMILES string of the molecule is NC(=O)CC(C=O)[C@H](Nc1onc2c1ccc1ccccc12)C(=O)O. The number of anilines is 1. The number of benzene rings is 2. The van der Waals surface area contributed by atoms with Crippen molar-refractivity contribution in [2.45, 2.75) is 12.5 Å². The Morgan fingerprint density at radius 2 is 2.00 bits per heavy atom. The van der Waals surface area contributed by atoms with Gasteiger partial charge in [0.25, 0.3) is 0 Å². The summed E-state index contributed by atoms with van der Waals surface area (Å²) in [6.45, 7) is 0. The second-order valence-electron chi connectivity index (χ2n) is 5.63. The van der Waals surface area contributed by atoms with Crippen molar-refractivity contribution in [1.29, 1.82) is 0 Å². The number of fused-ring (bicyclic) bond motifs is 3. The number of hydrogen-bond acceptors (Lipinski definition) is 6. The average Bonchev–Trinajstić information content (AvgIpc) is 3.00. The smallest absolute Gasteiger partial charge is 0.326 e. The lowest BCUT2D eigenvalue weighted by atomic mass is 9.97. The van der Waals surface area contributed by atoms with Crippen molar-refractivity contribution in [2.75, 3.05) is 5.32 Å². The van der Waals surface area contributed by atoms with Crippen molar-refractivity contribution in [3.05, 3.63) is 36.4 Å². The number of aliphatic carboxylic acids is 1. The molecule has 1 unspecified atom stereocenters. The van der Waals surface area contributed by atoms with Gasteiger partial charge in [0.1, 0.15) is 17.8 Å². The van der Waals surface area contributed by atoms with Gasteiger partial charge < -0.3 is 25.5 Å². The monoisotopic (exact) mass is 341 g/mol. The first-order valence-corrected chi connectivity index (χ1v) is 7.51. The molecule has 8 heteroatoms. The number of hydrogen-bond donors (Lipinski definition) is 3. The largest absolute Gasteiger partial charge is 0.480 e. The van der Waals surface area contributed by atoms with E-state index in [1.54, 1.807) is 6.07 Å². The number of carboxylic acid groups (broad SMARTS) is 1. The van der Waals surface area contributed by atoms with E-state index in [2.05, 4.69) is 10.5 Å². The lowest BCUT2D eigenvalue weighted by molar-refractivity contribution is -0.140. The molecular weight excluding hydrogens is 326 g/mol. The summed E-state index contributed by atoms with van der Waals surface area (Å²) in [6.07, 6.45) is 0.00692. The summed E-state index contributed by atoms with van der Waals surface area (Å²) in [7, 11) is 0. The minimum atomic E-state index is -1.37. The molecule has 25 heavy (non-hydrogen) atoms. The second-order valence-corrected chi connectivity index (χ2v) is 5.63. The van der Waals surface area contributed by atoms with Gasteiger partial charge in [0, 0.05) is 11.8 Å². The van der Waals surface area contributed by atoms with Gasteiger partial charge in [0.05, 0.1) is 11.3 Å². The van der Waals surface area contributed by atoms with Gasteiger partial charge in [-0.1, -0.05) is 35.5 Å². The van der Waals surface area contributed by atoms with Crippen molar-refractivity contribution >= 4 is 45.7 Å².